The van der Waals surface area contributed by atoms with Gasteiger partial charge in [-0.3, -0.25) is 9.59 Å². The van der Waals surface area contributed by atoms with E-state index in [0.29, 0.717) is 12.1 Å². The molecular weight excluding hydrogens is 284 g/mol. The van der Waals surface area contributed by atoms with E-state index < -0.39 is 24.5 Å². The second-order valence-electron chi connectivity index (χ2n) is 5.08. The Morgan fingerprint density at radius 1 is 1.23 bits per heavy atom. The molecule has 1 rings (SSSR count). The molecule has 0 aliphatic carbocycles. The van der Waals surface area contributed by atoms with Crippen LogP contribution in [-0.4, -0.2) is 37.0 Å². The average Bonchev–Trinajstić information content (AvgIpc) is 2.47. The summed E-state index contributed by atoms with van der Waals surface area (Å²) in [5.41, 5.74) is 2.16. The van der Waals surface area contributed by atoms with Crippen LogP contribution in [0.1, 0.15) is 35.3 Å². The van der Waals surface area contributed by atoms with E-state index in [1.54, 1.807) is 26.8 Å². The van der Waals surface area contributed by atoms with Crippen LogP contribution in [0.5, 0.6) is 0 Å². The first-order chi connectivity index (χ1) is 10.3. The summed E-state index contributed by atoms with van der Waals surface area (Å²) in [4.78, 5) is 35.1. The maximum Gasteiger partial charge on any atom is 0.338 e. The standard InChI is InChI=1S/C16H22N2O4/c1-5-17-15(20)12(4)18-14(19)9-22-16(21)13-8-10(2)6-7-11(13)3/h6-8,12H,5,9H2,1-4H3,(H,17,20)(H,18,19)/t12-/m1/s1. The number of hydrogen-bond donors (Lipinski definition) is 2. The zero-order valence-electron chi connectivity index (χ0n) is 13.4. The first kappa shape index (κ1) is 17.7. The highest BCUT2D eigenvalue weighted by molar-refractivity contribution is 5.93. The molecule has 0 saturated heterocycles. The predicted molar refractivity (Wildman–Crippen MR) is 82.5 cm³/mol. The number of carbonyl (C=O) groups is 3. The smallest absolute Gasteiger partial charge is 0.338 e. The Morgan fingerprint density at radius 3 is 2.55 bits per heavy atom. The number of esters is 1. The topological polar surface area (TPSA) is 84.5 Å². The molecule has 6 nitrogen and oxygen atoms in total. The van der Waals surface area contributed by atoms with Gasteiger partial charge in [-0.25, -0.2) is 4.79 Å². The SMILES string of the molecule is CCNC(=O)[C@@H](C)NC(=O)COC(=O)c1cc(C)ccc1C. The van der Waals surface area contributed by atoms with Gasteiger partial charge < -0.3 is 15.4 Å². The van der Waals surface area contributed by atoms with Crippen LogP contribution in [0.3, 0.4) is 0 Å². The highest BCUT2D eigenvalue weighted by Crippen LogP contribution is 2.11. The molecule has 0 aliphatic heterocycles. The molecule has 1 aromatic carbocycles. The van der Waals surface area contributed by atoms with Crippen molar-refractivity contribution in [2.24, 2.45) is 0 Å². The van der Waals surface area contributed by atoms with E-state index in [4.69, 9.17) is 4.74 Å². The molecule has 0 unspecified atom stereocenters. The van der Waals surface area contributed by atoms with E-state index in [1.165, 1.54) is 0 Å². The zero-order chi connectivity index (χ0) is 16.7. The summed E-state index contributed by atoms with van der Waals surface area (Å²) in [6.45, 7) is 7.09. The monoisotopic (exact) mass is 306 g/mol. The van der Waals surface area contributed by atoms with E-state index in [-0.39, 0.29) is 5.91 Å². The van der Waals surface area contributed by atoms with Crippen molar-refractivity contribution in [1.29, 1.82) is 0 Å². The fraction of sp³-hybridized carbons (Fsp3) is 0.438. The molecule has 0 aromatic heterocycles. The van der Waals surface area contributed by atoms with Crippen molar-refractivity contribution >= 4 is 17.8 Å². The number of aryl methyl sites for hydroxylation is 2. The molecule has 22 heavy (non-hydrogen) atoms. The van der Waals surface area contributed by atoms with Crippen LogP contribution in [0.2, 0.25) is 0 Å². The van der Waals surface area contributed by atoms with Crippen LogP contribution in [0.25, 0.3) is 0 Å². The molecule has 0 bridgehead atoms. The van der Waals surface area contributed by atoms with Crippen LogP contribution in [0, 0.1) is 13.8 Å². The van der Waals surface area contributed by atoms with Gasteiger partial charge >= 0.3 is 5.97 Å². The summed E-state index contributed by atoms with van der Waals surface area (Å²) in [7, 11) is 0. The minimum absolute atomic E-state index is 0.281. The van der Waals surface area contributed by atoms with Gasteiger partial charge in [0, 0.05) is 6.54 Å². The minimum atomic E-state index is -0.674. The molecule has 120 valence electrons. The van der Waals surface area contributed by atoms with E-state index in [2.05, 4.69) is 10.6 Å². The van der Waals surface area contributed by atoms with Gasteiger partial charge in [0.25, 0.3) is 5.91 Å². The van der Waals surface area contributed by atoms with E-state index >= 15 is 0 Å². The summed E-state index contributed by atoms with van der Waals surface area (Å²) in [5, 5.41) is 5.06. The van der Waals surface area contributed by atoms with Crippen molar-refractivity contribution in [2.75, 3.05) is 13.2 Å². The van der Waals surface area contributed by atoms with E-state index in [0.717, 1.165) is 11.1 Å². The van der Waals surface area contributed by atoms with Crippen molar-refractivity contribution in [3.05, 3.63) is 34.9 Å². The van der Waals surface area contributed by atoms with Crippen molar-refractivity contribution < 1.29 is 19.1 Å². The zero-order valence-corrected chi connectivity index (χ0v) is 13.4. The molecule has 0 radical (unpaired) electrons. The second kappa shape index (κ2) is 8.17. The maximum absolute atomic E-state index is 12.0. The van der Waals surface area contributed by atoms with Gasteiger partial charge in [-0.1, -0.05) is 17.7 Å². The normalized spacial score (nSPS) is 11.5. The van der Waals surface area contributed by atoms with Gasteiger partial charge in [-0.05, 0) is 39.3 Å². The molecule has 2 N–H and O–H groups in total. The summed E-state index contributed by atoms with van der Waals surface area (Å²) in [5.74, 6) is -1.35. The van der Waals surface area contributed by atoms with Gasteiger partial charge in [0.2, 0.25) is 5.91 Å². The maximum atomic E-state index is 12.0. The molecule has 0 spiro atoms. The number of likely N-dealkylation sites (N-methyl/N-ethyl adjacent to an activating group) is 1. The third-order valence-corrected chi connectivity index (χ3v) is 3.07. The quantitative estimate of drug-likeness (QED) is 0.771. The third kappa shape index (κ3) is 5.20. The largest absolute Gasteiger partial charge is 0.452 e. The van der Waals surface area contributed by atoms with Gasteiger partial charge in [-0.15, -0.1) is 0 Å². The Labute approximate surface area is 130 Å². The van der Waals surface area contributed by atoms with Crippen molar-refractivity contribution in [1.82, 2.24) is 10.6 Å². The molecule has 2 amide bonds. The Hall–Kier alpha value is -2.37. The fourth-order valence-electron chi connectivity index (χ4n) is 1.84. The number of nitrogens with one attached hydrogen (secondary N) is 2. The van der Waals surface area contributed by atoms with Crippen LogP contribution in [-0.2, 0) is 14.3 Å². The lowest BCUT2D eigenvalue weighted by Gasteiger charge is -2.13. The molecule has 0 aliphatic rings. The minimum Gasteiger partial charge on any atom is -0.452 e. The Morgan fingerprint density at radius 2 is 1.91 bits per heavy atom. The van der Waals surface area contributed by atoms with E-state index in [9.17, 15) is 14.4 Å². The van der Waals surface area contributed by atoms with Crippen LogP contribution in [0.4, 0.5) is 0 Å². The second-order valence-corrected chi connectivity index (χ2v) is 5.08. The number of rotatable bonds is 6. The van der Waals surface area contributed by atoms with Crippen LogP contribution >= 0.6 is 0 Å². The molecule has 6 heteroatoms. The summed E-state index contributed by atoms with van der Waals surface area (Å²) >= 11 is 0. The number of benzene rings is 1. The molecule has 0 fully saturated rings. The highest BCUT2D eigenvalue weighted by Gasteiger charge is 2.17. The summed E-state index contributed by atoms with van der Waals surface area (Å²) in [6, 6.07) is 4.76. The van der Waals surface area contributed by atoms with Gasteiger partial charge in [0.15, 0.2) is 6.61 Å². The number of amides is 2. The molecular formula is C16H22N2O4. The Bertz CT molecular complexity index is 569. The van der Waals surface area contributed by atoms with Crippen LogP contribution < -0.4 is 10.6 Å². The van der Waals surface area contributed by atoms with Gasteiger partial charge in [0.05, 0.1) is 5.56 Å². The van der Waals surface area contributed by atoms with Crippen molar-refractivity contribution in [2.45, 2.75) is 33.7 Å². The van der Waals surface area contributed by atoms with Gasteiger partial charge in [-0.2, -0.15) is 0 Å². The summed E-state index contributed by atoms with van der Waals surface area (Å²) in [6.07, 6.45) is 0. The lowest BCUT2D eigenvalue weighted by molar-refractivity contribution is -0.130. The first-order valence-corrected chi connectivity index (χ1v) is 7.16. The van der Waals surface area contributed by atoms with Gasteiger partial charge in [0.1, 0.15) is 6.04 Å². The number of carbonyl (C=O) groups excluding carboxylic acids is 3. The molecule has 1 aromatic rings. The molecule has 1 atom stereocenters. The first-order valence-electron chi connectivity index (χ1n) is 7.16. The fourth-order valence-corrected chi connectivity index (χ4v) is 1.84. The average molecular weight is 306 g/mol. The van der Waals surface area contributed by atoms with Crippen LogP contribution in [0.15, 0.2) is 18.2 Å². The number of ether oxygens (including phenoxy) is 1. The molecule has 0 heterocycles. The Kier molecular flexibility index (Phi) is 6.56. The predicted octanol–water partition coefficient (Wildman–Crippen LogP) is 1.10. The van der Waals surface area contributed by atoms with Crippen molar-refractivity contribution in [3.8, 4) is 0 Å². The highest BCUT2D eigenvalue weighted by atomic mass is 16.5. The number of hydrogen-bond acceptors (Lipinski definition) is 4. The Balaban J connectivity index is 2.52. The lowest BCUT2D eigenvalue weighted by atomic mass is 10.1. The van der Waals surface area contributed by atoms with E-state index in [1.807, 2.05) is 19.1 Å². The lowest BCUT2D eigenvalue weighted by Crippen LogP contribution is -2.46. The van der Waals surface area contributed by atoms with Crippen molar-refractivity contribution in [3.63, 3.8) is 0 Å². The summed E-state index contributed by atoms with van der Waals surface area (Å²) < 4.78 is 4.98. The molecule has 0 saturated carbocycles. The third-order valence-electron chi connectivity index (χ3n) is 3.07.